The smallest absolute Gasteiger partial charge is 0.150 e. The van der Waals surface area contributed by atoms with Crippen molar-refractivity contribution >= 4 is 0 Å². The van der Waals surface area contributed by atoms with Crippen molar-refractivity contribution in [1.29, 1.82) is 0 Å². The molecule has 0 amide bonds. The quantitative estimate of drug-likeness (QED) is 0.851. The summed E-state index contributed by atoms with van der Waals surface area (Å²) in [4.78, 5) is 0. The molecular weight excluding hydrogens is 200 g/mol. The van der Waals surface area contributed by atoms with E-state index >= 15 is 0 Å². The first-order valence-corrected chi connectivity index (χ1v) is 6.41. The molecule has 0 aromatic carbocycles. The highest BCUT2D eigenvalue weighted by Crippen LogP contribution is 2.23. The molecule has 1 aromatic rings. The summed E-state index contributed by atoms with van der Waals surface area (Å²) in [6.07, 6.45) is 5.90. The molecule has 0 aliphatic carbocycles. The molecule has 2 atom stereocenters. The van der Waals surface area contributed by atoms with E-state index in [0.717, 1.165) is 31.0 Å². The standard InChI is InChI=1S/C12H22N4/c1-3-9(2)11(13)12-15-14-10-7-5-4-6-8-16(10)12/h9,11H,3-8,13H2,1-2H3. The van der Waals surface area contributed by atoms with Gasteiger partial charge in [0.15, 0.2) is 0 Å². The van der Waals surface area contributed by atoms with Gasteiger partial charge in [0.2, 0.25) is 0 Å². The van der Waals surface area contributed by atoms with Crippen LogP contribution < -0.4 is 5.73 Å². The zero-order chi connectivity index (χ0) is 11.5. The molecule has 0 fully saturated rings. The molecule has 90 valence electrons. The lowest BCUT2D eigenvalue weighted by Crippen LogP contribution is -2.23. The Morgan fingerprint density at radius 1 is 1.31 bits per heavy atom. The molecule has 2 unspecified atom stereocenters. The minimum Gasteiger partial charge on any atom is -0.321 e. The second-order valence-electron chi connectivity index (χ2n) is 4.85. The normalized spacial score (nSPS) is 19.9. The molecule has 0 saturated carbocycles. The van der Waals surface area contributed by atoms with Crippen molar-refractivity contribution in [2.45, 2.75) is 58.5 Å². The lowest BCUT2D eigenvalue weighted by molar-refractivity contribution is 0.419. The van der Waals surface area contributed by atoms with Gasteiger partial charge in [0.1, 0.15) is 11.6 Å². The van der Waals surface area contributed by atoms with Crippen LogP contribution in [0.3, 0.4) is 0 Å². The average Bonchev–Trinajstić information content (AvgIpc) is 2.56. The summed E-state index contributed by atoms with van der Waals surface area (Å²) in [5, 5.41) is 8.58. The fraction of sp³-hybridized carbons (Fsp3) is 0.833. The third-order valence-electron chi connectivity index (χ3n) is 3.69. The van der Waals surface area contributed by atoms with Gasteiger partial charge in [-0.3, -0.25) is 0 Å². The van der Waals surface area contributed by atoms with Crippen LogP contribution in [0.1, 0.15) is 57.2 Å². The number of rotatable bonds is 3. The third-order valence-corrected chi connectivity index (χ3v) is 3.69. The Labute approximate surface area is 97.2 Å². The van der Waals surface area contributed by atoms with Crippen LogP contribution >= 0.6 is 0 Å². The van der Waals surface area contributed by atoms with Gasteiger partial charge < -0.3 is 10.3 Å². The highest BCUT2D eigenvalue weighted by atomic mass is 15.3. The number of hydrogen-bond acceptors (Lipinski definition) is 3. The Bertz CT molecular complexity index is 345. The second-order valence-corrected chi connectivity index (χ2v) is 4.85. The molecule has 0 saturated heterocycles. The molecule has 1 aliphatic rings. The number of fused-ring (bicyclic) bond motifs is 1. The molecule has 0 bridgehead atoms. The van der Waals surface area contributed by atoms with E-state index in [2.05, 4.69) is 28.6 Å². The van der Waals surface area contributed by atoms with E-state index in [1.165, 1.54) is 19.3 Å². The van der Waals surface area contributed by atoms with Crippen LogP contribution in [-0.4, -0.2) is 14.8 Å². The topological polar surface area (TPSA) is 56.7 Å². The number of aryl methyl sites for hydroxylation is 1. The van der Waals surface area contributed by atoms with Crippen molar-refractivity contribution in [2.24, 2.45) is 11.7 Å². The molecule has 4 heteroatoms. The average molecular weight is 222 g/mol. The summed E-state index contributed by atoms with van der Waals surface area (Å²) >= 11 is 0. The summed E-state index contributed by atoms with van der Waals surface area (Å²) in [6.45, 7) is 5.40. The van der Waals surface area contributed by atoms with Crippen LogP contribution in [0.15, 0.2) is 0 Å². The maximum Gasteiger partial charge on any atom is 0.150 e. The summed E-state index contributed by atoms with van der Waals surface area (Å²) < 4.78 is 2.25. The zero-order valence-corrected chi connectivity index (χ0v) is 10.3. The Kier molecular flexibility index (Phi) is 3.59. The first kappa shape index (κ1) is 11.6. The lowest BCUT2D eigenvalue weighted by Gasteiger charge is -2.18. The minimum atomic E-state index is 0.0318. The maximum absolute atomic E-state index is 6.25. The van der Waals surface area contributed by atoms with E-state index in [0.29, 0.717) is 5.92 Å². The van der Waals surface area contributed by atoms with Gasteiger partial charge in [-0.25, -0.2) is 0 Å². The van der Waals surface area contributed by atoms with E-state index in [1.807, 2.05) is 0 Å². The largest absolute Gasteiger partial charge is 0.321 e. The van der Waals surface area contributed by atoms with Crippen LogP contribution in [0.2, 0.25) is 0 Å². The summed E-state index contributed by atoms with van der Waals surface area (Å²) in [7, 11) is 0. The molecule has 4 nitrogen and oxygen atoms in total. The van der Waals surface area contributed by atoms with Gasteiger partial charge in [-0.1, -0.05) is 26.7 Å². The molecule has 2 rings (SSSR count). The minimum absolute atomic E-state index is 0.0318. The lowest BCUT2D eigenvalue weighted by atomic mass is 9.99. The Hall–Kier alpha value is -0.900. The van der Waals surface area contributed by atoms with E-state index in [4.69, 9.17) is 5.73 Å². The Morgan fingerprint density at radius 3 is 2.88 bits per heavy atom. The van der Waals surface area contributed by atoms with Crippen molar-refractivity contribution in [2.75, 3.05) is 0 Å². The van der Waals surface area contributed by atoms with Gasteiger partial charge in [0.05, 0.1) is 6.04 Å². The highest BCUT2D eigenvalue weighted by molar-refractivity contribution is 5.03. The number of nitrogens with zero attached hydrogens (tertiary/aromatic N) is 3. The molecule has 1 aromatic heterocycles. The van der Waals surface area contributed by atoms with E-state index in [-0.39, 0.29) is 6.04 Å². The highest BCUT2D eigenvalue weighted by Gasteiger charge is 2.22. The van der Waals surface area contributed by atoms with Crippen LogP contribution in [0.5, 0.6) is 0 Å². The fourth-order valence-corrected chi connectivity index (χ4v) is 2.26. The second kappa shape index (κ2) is 4.95. The maximum atomic E-state index is 6.25. The zero-order valence-electron chi connectivity index (χ0n) is 10.3. The van der Waals surface area contributed by atoms with Gasteiger partial charge in [-0.15, -0.1) is 10.2 Å². The van der Waals surface area contributed by atoms with Crippen LogP contribution in [0, 0.1) is 5.92 Å². The predicted molar refractivity (Wildman–Crippen MR) is 64.0 cm³/mol. The first-order valence-electron chi connectivity index (χ1n) is 6.41. The molecule has 1 aliphatic heterocycles. The van der Waals surface area contributed by atoms with Crippen LogP contribution in [0.25, 0.3) is 0 Å². The van der Waals surface area contributed by atoms with E-state index < -0.39 is 0 Å². The molecule has 0 spiro atoms. The van der Waals surface area contributed by atoms with Crippen LogP contribution in [-0.2, 0) is 13.0 Å². The Balaban J connectivity index is 2.24. The fourth-order valence-electron chi connectivity index (χ4n) is 2.26. The summed E-state index contributed by atoms with van der Waals surface area (Å²) in [6, 6.07) is 0.0318. The molecule has 16 heavy (non-hydrogen) atoms. The summed E-state index contributed by atoms with van der Waals surface area (Å²) in [5.41, 5.74) is 6.25. The van der Waals surface area contributed by atoms with Crippen molar-refractivity contribution in [3.8, 4) is 0 Å². The number of hydrogen-bond donors (Lipinski definition) is 1. The summed E-state index contributed by atoms with van der Waals surface area (Å²) in [5.74, 6) is 2.59. The van der Waals surface area contributed by atoms with Crippen molar-refractivity contribution in [3.05, 3.63) is 11.6 Å². The molecule has 2 N–H and O–H groups in total. The molecular formula is C12H22N4. The van der Waals surface area contributed by atoms with Crippen molar-refractivity contribution in [3.63, 3.8) is 0 Å². The number of aromatic nitrogens is 3. The van der Waals surface area contributed by atoms with Gasteiger partial charge in [-0.05, 0) is 18.8 Å². The van der Waals surface area contributed by atoms with Gasteiger partial charge in [-0.2, -0.15) is 0 Å². The molecule has 0 radical (unpaired) electrons. The number of nitrogens with two attached hydrogens (primary N) is 1. The van der Waals surface area contributed by atoms with Gasteiger partial charge >= 0.3 is 0 Å². The third kappa shape index (κ3) is 2.12. The van der Waals surface area contributed by atoms with Gasteiger partial charge in [0.25, 0.3) is 0 Å². The molecule has 2 heterocycles. The van der Waals surface area contributed by atoms with E-state index in [1.54, 1.807) is 0 Å². The van der Waals surface area contributed by atoms with Gasteiger partial charge in [0, 0.05) is 13.0 Å². The van der Waals surface area contributed by atoms with Crippen LogP contribution in [0.4, 0.5) is 0 Å². The first-order chi connectivity index (χ1) is 7.74. The predicted octanol–water partition coefficient (Wildman–Crippen LogP) is 2.05. The van der Waals surface area contributed by atoms with Crippen molar-refractivity contribution in [1.82, 2.24) is 14.8 Å². The SMILES string of the molecule is CCC(C)C(N)c1nnc2n1CCCCC2. The van der Waals surface area contributed by atoms with Crippen molar-refractivity contribution < 1.29 is 0 Å². The Morgan fingerprint density at radius 2 is 2.12 bits per heavy atom. The monoisotopic (exact) mass is 222 g/mol. The van der Waals surface area contributed by atoms with E-state index in [9.17, 15) is 0 Å².